The third-order valence-corrected chi connectivity index (χ3v) is 3.72. The van der Waals surface area contributed by atoms with Crippen LogP contribution in [-0.2, 0) is 16.1 Å². The number of benzene rings is 1. The number of carbonyl (C=O) groups excluding carboxylic acids is 1. The molecule has 2 rings (SSSR count). The van der Waals surface area contributed by atoms with Crippen molar-refractivity contribution in [2.45, 2.75) is 32.9 Å². The smallest absolute Gasteiger partial charge is 0.320 e. The molecule has 1 saturated heterocycles. The van der Waals surface area contributed by atoms with Crippen LogP contribution in [0.4, 0.5) is 4.39 Å². The zero-order valence-electron chi connectivity index (χ0n) is 13.4. The van der Waals surface area contributed by atoms with Gasteiger partial charge in [0.05, 0.1) is 12.6 Å². The van der Waals surface area contributed by atoms with Gasteiger partial charge in [-0.15, -0.1) is 0 Å². The van der Waals surface area contributed by atoms with Crippen molar-refractivity contribution in [1.29, 1.82) is 0 Å². The Balaban J connectivity index is 1.79. The summed E-state index contributed by atoms with van der Waals surface area (Å²) in [6.45, 7) is 8.59. The van der Waals surface area contributed by atoms with Crippen LogP contribution in [0.15, 0.2) is 24.3 Å². The topological polar surface area (TPSA) is 32.8 Å². The standard InChI is InChI=1S/C17H25FN2O2/c1-14(2)22-17(21)13-20-9-3-8-19(10-11-20)12-15-4-6-16(18)7-5-15/h4-7,14H,3,8-13H2,1-2H3. The minimum Gasteiger partial charge on any atom is -0.462 e. The molecule has 0 bridgehead atoms. The van der Waals surface area contributed by atoms with Crippen LogP contribution in [0, 0.1) is 5.82 Å². The van der Waals surface area contributed by atoms with Gasteiger partial charge in [-0.25, -0.2) is 4.39 Å². The van der Waals surface area contributed by atoms with Crippen molar-refractivity contribution in [2.75, 3.05) is 32.7 Å². The van der Waals surface area contributed by atoms with E-state index in [1.807, 2.05) is 26.0 Å². The minimum absolute atomic E-state index is 0.0607. The number of hydrogen-bond acceptors (Lipinski definition) is 4. The highest BCUT2D eigenvalue weighted by Crippen LogP contribution is 2.10. The van der Waals surface area contributed by atoms with E-state index in [4.69, 9.17) is 4.74 Å². The van der Waals surface area contributed by atoms with Crippen molar-refractivity contribution in [3.8, 4) is 0 Å². The molecule has 4 nitrogen and oxygen atoms in total. The predicted molar refractivity (Wildman–Crippen MR) is 84.0 cm³/mol. The molecule has 22 heavy (non-hydrogen) atoms. The van der Waals surface area contributed by atoms with E-state index >= 15 is 0 Å². The van der Waals surface area contributed by atoms with Crippen LogP contribution in [-0.4, -0.2) is 54.6 Å². The number of carbonyl (C=O) groups is 1. The van der Waals surface area contributed by atoms with Gasteiger partial charge >= 0.3 is 5.97 Å². The summed E-state index contributed by atoms with van der Waals surface area (Å²) < 4.78 is 18.1. The van der Waals surface area contributed by atoms with Crippen molar-refractivity contribution >= 4 is 5.97 Å². The van der Waals surface area contributed by atoms with Crippen molar-refractivity contribution < 1.29 is 13.9 Å². The Bertz CT molecular complexity index is 476. The summed E-state index contributed by atoms with van der Waals surface area (Å²) in [5, 5.41) is 0. The predicted octanol–water partition coefficient (Wildman–Crippen LogP) is 2.29. The molecule has 122 valence electrons. The Morgan fingerprint density at radius 3 is 2.45 bits per heavy atom. The van der Waals surface area contributed by atoms with Gasteiger partial charge in [-0.1, -0.05) is 12.1 Å². The molecule has 1 aromatic carbocycles. The Morgan fingerprint density at radius 2 is 1.77 bits per heavy atom. The summed E-state index contributed by atoms with van der Waals surface area (Å²) in [5.74, 6) is -0.351. The lowest BCUT2D eigenvalue weighted by Gasteiger charge is -2.21. The molecule has 0 atom stereocenters. The van der Waals surface area contributed by atoms with Gasteiger partial charge in [0.1, 0.15) is 5.82 Å². The van der Waals surface area contributed by atoms with Gasteiger partial charge in [0, 0.05) is 26.2 Å². The zero-order valence-corrected chi connectivity index (χ0v) is 13.4. The fourth-order valence-corrected chi connectivity index (χ4v) is 2.67. The molecule has 1 fully saturated rings. The first-order valence-corrected chi connectivity index (χ1v) is 7.91. The number of nitrogens with zero attached hydrogens (tertiary/aromatic N) is 2. The summed E-state index contributed by atoms with van der Waals surface area (Å²) in [5.41, 5.74) is 1.12. The van der Waals surface area contributed by atoms with Crippen LogP contribution >= 0.6 is 0 Å². The third-order valence-electron chi connectivity index (χ3n) is 3.72. The number of hydrogen-bond donors (Lipinski definition) is 0. The first-order valence-electron chi connectivity index (χ1n) is 7.91. The highest BCUT2D eigenvalue weighted by Gasteiger charge is 2.18. The Morgan fingerprint density at radius 1 is 1.14 bits per heavy atom. The van der Waals surface area contributed by atoms with Gasteiger partial charge in [-0.05, 0) is 44.5 Å². The van der Waals surface area contributed by atoms with Gasteiger partial charge in [-0.2, -0.15) is 0 Å². The van der Waals surface area contributed by atoms with E-state index < -0.39 is 0 Å². The quantitative estimate of drug-likeness (QED) is 0.781. The largest absolute Gasteiger partial charge is 0.462 e. The van der Waals surface area contributed by atoms with Crippen LogP contribution < -0.4 is 0 Å². The lowest BCUT2D eigenvalue weighted by molar-refractivity contribution is -0.148. The maximum absolute atomic E-state index is 12.9. The molecule has 0 aliphatic carbocycles. The molecule has 1 heterocycles. The van der Waals surface area contributed by atoms with Crippen molar-refractivity contribution in [3.63, 3.8) is 0 Å². The third kappa shape index (κ3) is 5.73. The van der Waals surface area contributed by atoms with E-state index in [0.717, 1.165) is 44.7 Å². The van der Waals surface area contributed by atoms with E-state index in [1.165, 1.54) is 12.1 Å². The van der Waals surface area contributed by atoms with Gasteiger partial charge in [0.25, 0.3) is 0 Å². The number of halogens is 1. The van der Waals surface area contributed by atoms with E-state index in [9.17, 15) is 9.18 Å². The molecule has 0 unspecified atom stereocenters. The molecule has 5 heteroatoms. The molecule has 0 aromatic heterocycles. The maximum atomic E-state index is 12.9. The Hall–Kier alpha value is -1.46. The molecular weight excluding hydrogens is 283 g/mol. The van der Waals surface area contributed by atoms with Crippen LogP contribution in [0.5, 0.6) is 0 Å². The molecule has 0 spiro atoms. The first kappa shape index (κ1) is 16.9. The second-order valence-electron chi connectivity index (χ2n) is 6.07. The summed E-state index contributed by atoms with van der Waals surface area (Å²) in [6.07, 6.45) is 0.963. The molecule has 1 aliphatic rings. The van der Waals surface area contributed by atoms with Gasteiger partial charge in [-0.3, -0.25) is 14.6 Å². The summed E-state index contributed by atoms with van der Waals surface area (Å²) in [7, 11) is 0. The molecule has 1 aromatic rings. The van der Waals surface area contributed by atoms with E-state index in [1.54, 1.807) is 0 Å². The average molecular weight is 308 g/mol. The van der Waals surface area contributed by atoms with Gasteiger partial charge in [0.2, 0.25) is 0 Å². The van der Waals surface area contributed by atoms with E-state index in [-0.39, 0.29) is 17.9 Å². The van der Waals surface area contributed by atoms with E-state index in [0.29, 0.717) is 6.54 Å². The maximum Gasteiger partial charge on any atom is 0.320 e. The Labute approximate surface area is 131 Å². The average Bonchev–Trinajstić information content (AvgIpc) is 2.66. The molecule has 0 amide bonds. The second kappa shape index (κ2) is 8.25. The summed E-state index contributed by atoms with van der Waals surface area (Å²) >= 11 is 0. The minimum atomic E-state index is -0.200. The lowest BCUT2D eigenvalue weighted by Crippen LogP contribution is -2.35. The molecule has 0 radical (unpaired) electrons. The van der Waals surface area contributed by atoms with Crippen LogP contribution in [0.25, 0.3) is 0 Å². The van der Waals surface area contributed by atoms with Gasteiger partial charge < -0.3 is 4.74 Å². The van der Waals surface area contributed by atoms with E-state index in [2.05, 4.69) is 9.80 Å². The van der Waals surface area contributed by atoms with Crippen LogP contribution in [0.2, 0.25) is 0 Å². The SMILES string of the molecule is CC(C)OC(=O)CN1CCCN(Cc2ccc(F)cc2)CC1. The number of rotatable bonds is 5. The zero-order chi connectivity index (χ0) is 15.9. The highest BCUT2D eigenvalue weighted by atomic mass is 19.1. The van der Waals surface area contributed by atoms with Crippen LogP contribution in [0.1, 0.15) is 25.8 Å². The molecule has 1 aliphatic heterocycles. The Kier molecular flexibility index (Phi) is 6.34. The normalized spacial score (nSPS) is 17.5. The fraction of sp³-hybridized carbons (Fsp3) is 0.588. The first-order chi connectivity index (χ1) is 10.5. The van der Waals surface area contributed by atoms with Crippen molar-refractivity contribution in [3.05, 3.63) is 35.6 Å². The van der Waals surface area contributed by atoms with Crippen molar-refractivity contribution in [1.82, 2.24) is 9.80 Å². The summed E-state index contributed by atoms with van der Waals surface area (Å²) in [4.78, 5) is 16.2. The van der Waals surface area contributed by atoms with Gasteiger partial charge in [0.15, 0.2) is 0 Å². The van der Waals surface area contributed by atoms with Crippen molar-refractivity contribution in [2.24, 2.45) is 0 Å². The second-order valence-corrected chi connectivity index (χ2v) is 6.07. The molecule has 0 N–H and O–H groups in total. The fourth-order valence-electron chi connectivity index (χ4n) is 2.67. The number of esters is 1. The number of ether oxygens (including phenoxy) is 1. The monoisotopic (exact) mass is 308 g/mol. The summed E-state index contributed by atoms with van der Waals surface area (Å²) in [6, 6.07) is 6.67. The highest BCUT2D eigenvalue weighted by molar-refractivity contribution is 5.71. The molecular formula is C17H25FN2O2. The molecule has 0 saturated carbocycles. The lowest BCUT2D eigenvalue weighted by atomic mass is 10.2. The van der Waals surface area contributed by atoms with Crippen LogP contribution in [0.3, 0.4) is 0 Å².